The zero-order valence-electron chi connectivity index (χ0n) is 32.7. The molecule has 0 atom stereocenters. The number of aryl methyl sites for hydroxylation is 5. The number of nitrogens with zero attached hydrogens (tertiary/aromatic N) is 1. The van der Waals surface area contributed by atoms with Gasteiger partial charge in [-0.25, -0.2) is 0 Å². The highest BCUT2D eigenvalue weighted by Gasteiger charge is 2.13. The first kappa shape index (κ1) is 35.8. The molecule has 0 aliphatic rings. The van der Waals surface area contributed by atoms with Gasteiger partial charge in [-0.15, -0.1) is 0 Å². The number of hydrogen-bond acceptors (Lipinski definition) is 1. The predicted octanol–water partition coefficient (Wildman–Crippen LogP) is 14.9. The van der Waals surface area contributed by atoms with Crippen LogP contribution in [0.25, 0.3) is 71.8 Å². The van der Waals surface area contributed by atoms with Gasteiger partial charge in [-0.2, -0.15) is 0 Å². The number of hydrogen-bond donors (Lipinski definition) is 0. The minimum atomic E-state index is 0.973. The second-order valence-electron chi connectivity index (χ2n) is 15.0. The molecule has 2 heterocycles. The summed E-state index contributed by atoms with van der Waals surface area (Å²) >= 11 is 0. The summed E-state index contributed by atoms with van der Waals surface area (Å²) < 4.78 is 8.07. The lowest BCUT2D eigenvalue weighted by Gasteiger charge is -2.09. The average Bonchev–Trinajstić information content (AvgIpc) is 3.76. The first-order valence-electron chi connectivity index (χ1n) is 19.9. The van der Waals surface area contributed by atoms with Crippen LogP contribution in [-0.4, -0.2) is 4.57 Å². The fraction of sp³-hybridized carbons (Fsp3) is 0.0909. The van der Waals surface area contributed by atoms with E-state index in [0.29, 0.717) is 0 Å². The van der Waals surface area contributed by atoms with Crippen LogP contribution in [0.5, 0.6) is 0 Å². The third-order valence-electron chi connectivity index (χ3n) is 11.3. The van der Waals surface area contributed by atoms with Gasteiger partial charge in [0.05, 0.1) is 11.0 Å². The van der Waals surface area contributed by atoms with Gasteiger partial charge in [0.1, 0.15) is 11.3 Å². The van der Waals surface area contributed by atoms with Gasteiger partial charge in [-0.3, -0.25) is 0 Å². The zero-order valence-corrected chi connectivity index (χ0v) is 32.7. The van der Waals surface area contributed by atoms with Crippen LogP contribution in [0.15, 0.2) is 199 Å². The molecule has 0 fully saturated rings. The highest BCUT2D eigenvalue weighted by atomic mass is 16.3. The number of benzene rings is 8. The van der Waals surface area contributed by atoms with E-state index in [4.69, 9.17) is 4.42 Å². The lowest BCUT2D eigenvalue weighted by Crippen LogP contribution is -1.93. The van der Waals surface area contributed by atoms with E-state index in [9.17, 15) is 0 Å². The van der Waals surface area contributed by atoms with Crippen LogP contribution in [-0.2, 0) is 12.8 Å². The summed E-state index contributed by atoms with van der Waals surface area (Å²) in [5.74, 6) is 1.01. The molecule has 0 saturated carbocycles. The molecule has 8 aromatic carbocycles. The van der Waals surface area contributed by atoms with Crippen LogP contribution in [0, 0.1) is 20.8 Å². The van der Waals surface area contributed by atoms with Crippen LogP contribution in [0.2, 0.25) is 0 Å². The molecular weight excluding hydrogens is 691 g/mol. The molecule has 0 radical (unpaired) electrons. The van der Waals surface area contributed by atoms with Crippen molar-refractivity contribution < 1.29 is 4.42 Å². The Hall–Kier alpha value is -6.90. The van der Waals surface area contributed by atoms with E-state index in [2.05, 4.69) is 213 Å². The van der Waals surface area contributed by atoms with Gasteiger partial charge < -0.3 is 8.98 Å². The Bertz CT molecular complexity index is 2930. The lowest BCUT2D eigenvalue weighted by atomic mass is 9.98. The zero-order chi connectivity index (χ0) is 38.7. The van der Waals surface area contributed by atoms with Crippen LogP contribution in [0.3, 0.4) is 0 Å². The summed E-state index contributed by atoms with van der Waals surface area (Å²) in [6.07, 6.45) is 2.08. The van der Waals surface area contributed by atoms with E-state index < -0.39 is 0 Å². The van der Waals surface area contributed by atoms with Crippen molar-refractivity contribution in [3.63, 3.8) is 0 Å². The van der Waals surface area contributed by atoms with Crippen molar-refractivity contribution in [3.8, 4) is 39.1 Å². The molecule has 2 nitrogen and oxygen atoms in total. The molecule has 10 aromatic rings. The molecule has 0 N–H and O–H groups in total. The van der Waals surface area contributed by atoms with E-state index in [1.165, 1.54) is 88.5 Å². The predicted molar refractivity (Wildman–Crippen MR) is 241 cm³/mol. The first-order chi connectivity index (χ1) is 28.0. The van der Waals surface area contributed by atoms with E-state index in [-0.39, 0.29) is 0 Å². The van der Waals surface area contributed by atoms with E-state index in [1.54, 1.807) is 0 Å². The Morgan fingerprint density at radius 2 is 0.860 bits per heavy atom. The summed E-state index contributed by atoms with van der Waals surface area (Å²) in [6.45, 7) is 6.23. The third kappa shape index (κ3) is 7.43. The van der Waals surface area contributed by atoms with Crippen LogP contribution < -0.4 is 0 Å². The van der Waals surface area contributed by atoms with Crippen molar-refractivity contribution in [1.82, 2.24) is 4.57 Å². The molecule has 0 spiro atoms. The molecule has 10 rings (SSSR count). The smallest absolute Gasteiger partial charge is 0.134 e. The SMILES string of the molecule is Cc1ccc(-c2ccc3oc(C)c(C)c3c2)cc1.c1ccc(-c2ccc(CCc3ccc(-c4ccc5c(c4)c4ccccc4n5-c4ccccc4)cc3)cc2)cc1. The lowest BCUT2D eigenvalue weighted by molar-refractivity contribution is 0.575. The summed E-state index contributed by atoms with van der Waals surface area (Å²) in [7, 11) is 0. The summed E-state index contributed by atoms with van der Waals surface area (Å²) in [6, 6.07) is 69.9. The number of para-hydroxylation sites is 2. The van der Waals surface area contributed by atoms with Crippen molar-refractivity contribution in [2.24, 2.45) is 0 Å². The Kier molecular flexibility index (Phi) is 9.85. The maximum absolute atomic E-state index is 5.71. The van der Waals surface area contributed by atoms with Crippen LogP contribution >= 0.6 is 0 Å². The number of aromatic nitrogens is 1. The maximum Gasteiger partial charge on any atom is 0.134 e. The van der Waals surface area contributed by atoms with Crippen LogP contribution in [0.4, 0.5) is 0 Å². The Balaban J connectivity index is 0.000000196. The monoisotopic (exact) mass is 735 g/mol. The second kappa shape index (κ2) is 15.7. The van der Waals surface area contributed by atoms with Crippen LogP contribution in [0.1, 0.15) is 28.0 Å². The van der Waals surface area contributed by atoms with Crippen molar-refractivity contribution in [1.29, 1.82) is 0 Å². The molecule has 276 valence electrons. The molecule has 0 unspecified atom stereocenters. The van der Waals surface area contributed by atoms with Crippen molar-refractivity contribution in [2.75, 3.05) is 0 Å². The second-order valence-corrected chi connectivity index (χ2v) is 15.0. The molecule has 0 saturated heterocycles. The quantitative estimate of drug-likeness (QED) is 0.159. The maximum atomic E-state index is 5.71. The Labute approximate surface area is 335 Å². The summed E-state index contributed by atoms with van der Waals surface area (Å²) in [4.78, 5) is 0. The summed E-state index contributed by atoms with van der Waals surface area (Å²) in [5, 5.41) is 3.79. The van der Waals surface area contributed by atoms with Gasteiger partial charge in [0, 0.05) is 21.8 Å². The molecule has 0 aliphatic carbocycles. The van der Waals surface area contributed by atoms with Crippen molar-refractivity contribution in [3.05, 3.63) is 222 Å². The van der Waals surface area contributed by atoms with Gasteiger partial charge in [-0.05, 0) is 126 Å². The Morgan fingerprint density at radius 1 is 0.386 bits per heavy atom. The number of rotatable bonds is 7. The molecule has 0 aliphatic heterocycles. The van der Waals surface area contributed by atoms with Crippen molar-refractivity contribution in [2.45, 2.75) is 33.6 Å². The first-order valence-corrected chi connectivity index (χ1v) is 19.9. The van der Waals surface area contributed by atoms with Gasteiger partial charge in [0.15, 0.2) is 0 Å². The van der Waals surface area contributed by atoms with Crippen molar-refractivity contribution >= 4 is 32.8 Å². The highest BCUT2D eigenvalue weighted by molar-refractivity contribution is 6.10. The minimum absolute atomic E-state index is 0.973. The Morgan fingerprint density at radius 3 is 1.51 bits per heavy atom. The molecule has 0 bridgehead atoms. The summed E-state index contributed by atoms with van der Waals surface area (Å²) in [5.41, 5.74) is 17.4. The van der Waals surface area contributed by atoms with Gasteiger partial charge >= 0.3 is 0 Å². The molecule has 2 heteroatoms. The molecule has 2 aromatic heterocycles. The molecular formula is C55H45NO. The number of furan rings is 1. The van der Waals surface area contributed by atoms with E-state index in [0.717, 1.165) is 24.2 Å². The van der Waals surface area contributed by atoms with Gasteiger partial charge in [-0.1, -0.05) is 157 Å². The van der Waals surface area contributed by atoms with E-state index >= 15 is 0 Å². The topological polar surface area (TPSA) is 18.1 Å². The van der Waals surface area contributed by atoms with Gasteiger partial charge in [0.2, 0.25) is 0 Å². The minimum Gasteiger partial charge on any atom is -0.461 e. The van der Waals surface area contributed by atoms with Gasteiger partial charge in [0.25, 0.3) is 0 Å². The standard InChI is InChI=1S/C38H29N.C17H16O/c1-3-9-30(10-4-1)31-21-17-28(18-22-31)15-16-29-19-23-32(24-20-29)33-25-26-38-36(27-33)35-13-7-8-14-37(35)39(38)34-11-5-2-6-12-34;1-11-4-6-14(7-5-11)15-8-9-17-16(10-15)12(2)13(3)18-17/h1-14,17-27H,15-16H2;4-10H,1-3H3. The fourth-order valence-electron chi connectivity index (χ4n) is 7.92. The normalized spacial score (nSPS) is 11.2. The fourth-order valence-corrected chi connectivity index (χ4v) is 7.92. The highest BCUT2D eigenvalue weighted by Crippen LogP contribution is 2.35. The third-order valence-corrected chi connectivity index (χ3v) is 11.3. The molecule has 0 amide bonds. The average molecular weight is 736 g/mol. The van der Waals surface area contributed by atoms with E-state index in [1.807, 2.05) is 6.92 Å². The number of fused-ring (bicyclic) bond motifs is 4. The molecule has 57 heavy (non-hydrogen) atoms. The largest absolute Gasteiger partial charge is 0.461 e.